The fraction of sp³-hybridized carbons (Fsp3) is 0.429. The molecule has 28 heavy (non-hydrogen) atoms. The first-order chi connectivity index (χ1) is 13.1. The molecule has 0 radical (unpaired) electrons. The SMILES string of the molecule is C=C(CCC(=O)OC)N1C=C([C@@H](C)CC)[C@](C)(c2ccc(Br)c(Cl)c2)NC1=O. The molecule has 1 aromatic rings. The van der Waals surface area contributed by atoms with E-state index in [1.807, 2.05) is 31.3 Å². The number of methoxy groups -OCH3 is 1. The second kappa shape index (κ2) is 9.14. The van der Waals surface area contributed by atoms with E-state index in [1.165, 1.54) is 12.0 Å². The predicted molar refractivity (Wildman–Crippen MR) is 115 cm³/mol. The number of ether oxygens (including phenoxy) is 1. The van der Waals surface area contributed by atoms with E-state index in [-0.39, 0.29) is 24.3 Å². The van der Waals surface area contributed by atoms with Crippen molar-refractivity contribution < 1.29 is 14.3 Å². The number of hydrogen-bond acceptors (Lipinski definition) is 3. The van der Waals surface area contributed by atoms with Crippen molar-refractivity contribution in [1.82, 2.24) is 10.2 Å². The van der Waals surface area contributed by atoms with E-state index < -0.39 is 5.54 Å². The van der Waals surface area contributed by atoms with E-state index in [1.54, 1.807) is 0 Å². The van der Waals surface area contributed by atoms with Crippen molar-refractivity contribution in [2.45, 2.75) is 45.6 Å². The van der Waals surface area contributed by atoms with Gasteiger partial charge in [0.25, 0.3) is 0 Å². The van der Waals surface area contributed by atoms with Crippen LogP contribution >= 0.6 is 27.5 Å². The first-order valence-corrected chi connectivity index (χ1v) is 10.3. The molecule has 0 spiro atoms. The fourth-order valence-corrected chi connectivity index (χ4v) is 3.69. The first kappa shape index (κ1) is 22.5. The minimum Gasteiger partial charge on any atom is -0.469 e. The molecule has 0 saturated heterocycles. The molecule has 1 heterocycles. The van der Waals surface area contributed by atoms with Crippen LogP contribution in [0.4, 0.5) is 4.79 Å². The normalized spacial score (nSPS) is 20.3. The van der Waals surface area contributed by atoms with Crippen molar-refractivity contribution in [1.29, 1.82) is 0 Å². The number of hydrogen-bond donors (Lipinski definition) is 1. The molecule has 2 atom stereocenters. The average molecular weight is 470 g/mol. The van der Waals surface area contributed by atoms with Crippen LogP contribution in [-0.4, -0.2) is 24.0 Å². The Morgan fingerprint density at radius 3 is 2.68 bits per heavy atom. The quantitative estimate of drug-likeness (QED) is 0.518. The van der Waals surface area contributed by atoms with Gasteiger partial charge in [-0.3, -0.25) is 9.69 Å². The van der Waals surface area contributed by atoms with Gasteiger partial charge in [-0.25, -0.2) is 4.79 Å². The molecule has 0 bridgehead atoms. The molecule has 0 unspecified atom stereocenters. The van der Waals surface area contributed by atoms with Crippen LogP contribution in [0.15, 0.2) is 46.7 Å². The zero-order chi connectivity index (χ0) is 21.1. The molecule has 1 N–H and O–H groups in total. The summed E-state index contributed by atoms with van der Waals surface area (Å²) in [7, 11) is 1.34. The summed E-state index contributed by atoms with van der Waals surface area (Å²) in [5.74, 6) is -0.122. The Hall–Kier alpha value is -1.79. The molecule has 2 rings (SSSR count). The smallest absolute Gasteiger partial charge is 0.326 e. The monoisotopic (exact) mass is 468 g/mol. The van der Waals surface area contributed by atoms with Gasteiger partial charge in [0.05, 0.1) is 24.1 Å². The molecule has 0 aromatic heterocycles. The highest BCUT2D eigenvalue weighted by Gasteiger charge is 2.40. The van der Waals surface area contributed by atoms with Crippen molar-refractivity contribution in [3.8, 4) is 0 Å². The molecular formula is C21H26BrClN2O3. The van der Waals surface area contributed by atoms with E-state index in [0.717, 1.165) is 22.0 Å². The van der Waals surface area contributed by atoms with Gasteiger partial charge < -0.3 is 10.1 Å². The number of esters is 1. The minimum atomic E-state index is -0.698. The highest BCUT2D eigenvalue weighted by atomic mass is 79.9. The Bertz CT molecular complexity index is 824. The first-order valence-electron chi connectivity index (χ1n) is 9.17. The van der Waals surface area contributed by atoms with Gasteiger partial charge in [-0.2, -0.15) is 0 Å². The maximum absolute atomic E-state index is 12.9. The topological polar surface area (TPSA) is 58.6 Å². The van der Waals surface area contributed by atoms with Crippen LogP contribution in [0.2, 0.25) is 5.02 Å². The number of carbonyl (C=O) groups excluding carboxylic acids is 2. The number of nitrogens with one attached hydrogen (secondary N) is 1. The summed E-state index contributed by atoms with van der Waals surface area (Å²) in [6, 6.07) is 5.41. The number of allylic oxidation sites excluding steroid dienone is 1. The summed E-state index contributed by atoms with van der Waals surface area (Å²) in [6.45, 7) is 10.2. The Balaban J connectivity index is 2.44. The van der Waals surface area contributed by atoms with Gasteiger partial charge in [0.2, 0.25) is 0 Å². The highest BCUT2D eigenvalue weighted by molar-refractivity contribution is 9.10. The molecule has 0 saturated carbocycles. The van der Waals surface area contributed by atoms with Crippen LogP contribution in [0.1, 0.15) is 45.6 Å². The molecule has 1 aromatic carbocycles. The molecule has 0 fully saturated rings. The van der Waals surface area contributed by atoms with Gasteiger partial charge in [0.1, 0.15) is 0 Å². The molecule has 1 aliphatic rings. The van der Waals surface area contributed by atoms with Crippen LogP contribution in [0, 0.1) is 5.92 Å². The summed E-state index contributed by atoms with van der Waals surface area (Å²) in [5.41, 5.74) is 1.79. The van der Waals surface area contributed by atoms with Crippen molar-refractivity contribution in [2.75, 3.05) is 7.11 Å². The predicted octanol–water partition coefficient (Wildman–Crippen LogP) is 5.74. The Kier molecular flexibility index (Phi) is 7.34. The van der Waals surface area contributed by atoms with Crippen LogP contribution in [-0.2, 0) is 15.1 Å². The lowest BCUT2D eigenvalue weighted by Gasteiger charge is -2.43. The molecule has 0 aliphatic carbocycles. The lowest BCUT2D eigenvalue weighted by Crippen LogP contribution is -2.54. The van der Waals surface area contributed by atoms with Gasteiger partial charge in [0, 0.05) is 16.4 Å². The van der Waals surface area contributed by atoms with Crippen LogP contribution in [0.3, 0.4) is 0 Å². The number of nitrogens with zero attached hydrogens (tertiary/aromatic N) is 1. The number of carbonyl (C=O) groups is 2. The van der Waals surface area contributed by atoms with E-state index in [4.69, 9.17) is 11.6 Å². The number of benzene rings is 1. The number of urea groups is 1. The second-order valence-corrected chi connectivity index (χ2v) is 8.35. The molecule has 7 heteroatoms. The Morgan fingerprint density at radius 2 is 2.11 bits per heavy atom. The third-order valence-corrected chi connectivity index (χ3v) is 6.48. The Labute approximate surface area is 179 Å². The molecular weight excluding hydrogens is 444 g/mol. The number of rotatable bonds is 7. The van der Waals surface area contributed by atoms with Gasteiger partial charge >= 0.3 is 12.0 Å². The highest BCUT2D eigenvalue weighted by Crippen LogP contribution is 2.40. The fourth-order valence-electron chi connectivity index (χ4n) is 3.26. The van der Waals surface area contributed by atoms with E-state index in [9.17, 15) is 9.59 Å². The number of amides is 2. The average Bonchev–Trinajstić information content (AvgIpc) is 2.67. The molecule has 152 valence electrons. The van der Waals surface area contributed by atoms with Gasteiger partial charge in [0.15, 0.2) is 0 Å². The standard InChI is InChI=1S/C21H26BrClN2O3/c1-6-13(2)16-12-25(14(3)7-10-19(26)28-5)20(27)24-21(16,4)15-8-9-17(22)18(23)11-15/h8-9,11-13H,3,6-7,10H2,1-2,4-5H3,(H,24,27)/t13-,21-/m0/s1. The van der Waals surface area contributed by atoms with Gasteiger partial charge in [-0.15, -0.1) is 0 Å². The summed E-state index contributed by atoms with van der Waals surface area (Å²) in [5, 5.41) is 3.71. The van der Waals surface area contributed by atoms with Crippen molar-refractivity contribution in [3.05, 3.63) is 57.3 Å². The maximum atomic E-state index is 12.9. The lowest BCUT2D eigenvalue weighted by atomic mass is 9.77. The van der Waals surface area contributed by atoms with E-state index in [2.05, 4.69) is 46.4 Å². The largest absolute Gasteiger partial charge is 0.469 e. The van der Waals surface area contributed by atoms with E-state index >= 15 is 0 Å². The zero-order valence-electron chi connectivity index (χ0n) is 16.6. The Morgan fingerprint density at radius 1 is 1.43 bits per heavy atom. The summed E-state index contributed by atoms with van der Waals surface area (Å²) >= 11 is 9.72. The van der Waals surface area contributed by atoms with Crippen LogP contribution in [0.25, 0.3) is 0 Å². The third-order valence-electron chi connectivity index (χ3n) is 5.25. The van der Waals surface area contributed by atoms with Gasteiger partial charge in [-0.05, 0) is 64.9 Å². The van der Waals surface area contributed by atoms with Crippen LogP contribution in [0.5, 0.6) is 0 Å². The summed E-state index contributed by atoms with van der Waals surface area (Å²) in [6.07, 6.45) is 3.27. The van der Waals surface area contributed by atoms with E-state index in [0.29, 0.717) is 17.1 Å². The zero-order valence-corrected chi connectivity index (χ0v) is 19.0. The third kappa shape index (κ3) is 4.61. The lowest BCUT2D eigenvalue weighted by molar-refractivity contribution is -0.140. The molecule has 2 amide bonds. The summed E-state index contributed by atoms with van der Waals surface area (Å²) < 4.78 is 5.47. The van der Waals surface area contributed by atoms with Crippen molar-refractivity contribution in [3.63, 3.8) is 0 Å². The number of halogens is 2. The maximum Gasteiger partial charge on any atom is 0.326 e. The van der Waals surface area contributed by atoms with Crippen molar-refractivity contribution in [2.24, 2.45) is 5.92 Å². The second-order valence-electron chi connectivity index (χ2n) is 7.09. The minimum absolute atomic E-state index is 0.172. The van der Waals surface area contributed by atoms with Crippen LogP contribution < -0.4 is 5.32 Å². The van der Waals surface area contributed by atoms with Gasteiger partial charge in [-0.1, -0.05) is 38.1 Å². The molecule has 5 nitrogen and oxygen atoms in total. The van der Waals surface area contributed by atoms with Crippen molar-refractivity contribution >= 4 is 39.5 Å². The molecule has 1 aliphatic heterocycles. The summed E-state index contributed by atoms with van der Waals surface area (Å²) in [4.78, 5) is 25.8.